The van der Waals surface area contributed by atoms with Gasteiger partial charge in [0, 0.05) is 29.7 Å². The Morgan fingerprint density at radius 3 is 2.62 bits per heavy atom. The molecule has 1 fully saturated rings. The van der Waals surface area contributed by atoms with E-state index in [1.165, 1.54) is 6.33 Å². The average molecular weight is 479 g/mol. The molecular weight excluding hydrogens is 454 g/mol. The molecule has 2 aromatic carbocycles. The molecule has 0 amide bonds. The van der Waals surface area contributed by atoms with Crippen LogP contribution in [0.1, 0.15) is 43.9 Å². The van der Waals surface area contributed by atoms with Gasteiger partial charge in [0.05, 0.1) is 0 Å². The summed E-state index contributed by atoms with van der Waals surface area (Å²) < 4.78 is 60.6. The number of likely N-dealkylation sites (tertiary alicyclic amines) is 1. The molecule has 1 aliphatic heterocycles. The maximum atomic E-state index is 15.0. The summed E-state index contributed by atoms with van der Waals surface area (Å²) in [7, 11) is -4.33. The second kappa shape index (κ2) is 8.84. The van der Waals surface area contributed by atoms with Crippen molar-refractivity contribution < 1.29 is 17.2 Å². The summed E-state index contributed by atoms with van der Waals surface area (Å²) in [6.45, 7) is 5.34. The van der Waals surface area contributed by atoms with Gasteiger partial charge in [-0.15, -0.1) is 0 Å². The van der Waals surface area contributed by atoms with Gasteiger partial charge in [-0.1, -0.05) is 44.2 Å². The molecule has 1 atom stereocenters. The summed E-state index contributed by atoms with van der Waals surface area (Å²) in [5.74, 6) is -1.77. The molecule has 170 valence electrons. The number of piperidine rings is 1. The van der Waals surface area contributed by atoms with Crippen molar-refractivity contribution in [2.24, 2.45) is 5.41 Å². The Balaban J connectivity index is 1.60. The van der Waals surface area contributed by atoms with Gasteiger partial charge >= 0.3 is 0 Å². The van der Waals surface area contributed by atoms with Gasteiger partial charge in [-0.05, 0) is 42.5 Å². The van der Waals surface area contributed by atoms with Crippen LogP contribution in [0, 0.1) is 17.0 Å². The molecule has 1 aliphatic rings. The van der Waals surface area contributed by atoms with Crippen LogP contribution in [0.15, 0.2) is 53.7 Å². The molecule has 0 saturated carbocycles. The Hall–Kier alpha value is -2.43. The van der Waals surface area contributed by atoms with Crippen LogP contribution in [0.25, 0.3) is 0 Å². The second-order valence-electron chi connectivity index (χ2n) is 8.74. The molecule has 1 N–H and O–H groups in total. The number of hydrogen-bond acceptors (Lipinski definition) is 6. The highest BCUT2D eigenvalue weighted by atomic mass is 32.2. The number of anilines is 1. The third kappa shape index (κ3) is 4.97. The van der Waals surface area contributed by atoms with Crippen LogP contribution < -0.4 is 4.72 Å². The SMILES string of the molecule is CC1(C)CCN(Cc2cc(F)c(S(=O)(=O)Nc3ncns3)cc2F)C(c2ccccc2)C1. The van der Waals surface area contributed by atoms with Crippen molar-refractivity contribution >= 4 is 26.7 Å². The number of halogens is 2. The number of benzene rings is 2. The highest BCUT2D eigenvalue weighted by Gasteiger charge is 2.34. The van der Waals surface area contributed by atoms with Crippen LogP contribution in [-0.2, 0) is 16.6 Å². The molecule has 10 heteroatoms. The first-order valence-corrected chi connectivity index (χ1v) is 12.5. The molecule has 2 heterocycles. The number of hydrogen-bond donors (Lipinski definition) is 1. The van der Waals surface area contributed by atoms with Crippen molar-refractivity contribution in [3.8, 4) is 0 Å². The van der Waals surface area contributed by atoms with Gasteiger partial charge in [0.2, 0.25) is 5.13 Å². The van der Waals surface area contributed by atoms with Crippen molar-refractivity contribution in [1.82, 2.24) is 14.3 Å². The third-order valence-corrected chi connectivity index (χ3v) is 7.86. The van der Waals surface area contributed by atoms with Crippen molar-refractivity contribution in [3.05, 3.63) is 71.6 Å². The van der Waals surface area contributed by atoms with Gasteiger partial charge in [0.1, 0.15) is 22.9 Å². The molecule has 4 rings (SSSR count). The minimum atomic E-state index is -4.33. The molecule has 3 aromatic rings. The number of sulfonamides is 1. The molecule has 1 aromatic heterocycles. The van der Waals surface area contributed by atoms with Crippen molar-refractivity contribution in [2.45, 2.75) is 44.2 Å². The standard InChI is InChI=1S/C22H24F2N4O2S2/c1-22(2)8-9-28(19(12-22)15-6-4-3-5-7-15)13-16-10-18(24)20(11-17(16)23)32(29,30)27-21-25-14-26-31-21/h3-7,10-11,14,19H,8-9,12-13H2,1-2H3,(H,25,26,27). The van der Waals surface area contributed by atoms with E-state index >= 15 is 0 Å². The lowest BCUT2D eigenvalue weighted by Crippen LogP contribution is -2.39. The van der Waals surface area contributed by atoms with Gasteiger partial charge < -0.3 is 0 Å². The molecule has 0 aliphatic carbocycles. The molecule has 1 unspecified atom stereocenters. The first-order valence-electron chi connectivity index (χ1n) is 10.2. The minimum absolute atomic E-state index is 0.0180. The van der Waals surface area contributed by atoms with E-state index < -0.39 is 26.6 Å². The highest BCUT2D eigenvalue weighted by Crippen LogP contribution is 2.42. The zero-order chi connectivity index (χ0) is 22.9. The zero-order valence-electron chi connectivity index (χ0n) is 17.8. The lowest BCUT2D eigenvalue weighted by Gasteiger charge is -2.44. The fourth-order valence-electron chi connectivity index (χ4n) is 4.05. The minimum Gasteiger partial charge on any atom is -0.292 e. The topological polar surface area (TPSA) is 75.2 Å². The molecule has 32 heavy (non-hydrogen) atoms. The fraction of sp³-hybridized carbons (Fsp3) is 0.364. The van der Waals surface area contributed by atoms with Gasteiger partial charge in [-0.2, -0.15) is 4.37 Å². The smallest absolute Gasteiger partial charge is 0.266 e. The summed E-state index contributed by atoms with van der Waals surface area (Å²) in [6.07, 6.45) is 2.99. The van der Waals surface area contributed by atoms with E-state index in [2.05, 4.69) is 32.8 Å². The van der Waals surface area contributed by atoms with Crippen molar-refractivity contribution in [3.63, 3.8) is 0 Å². The summed E-state index contributed by atoms with van der Waals surface area (Å²) in [5.41, 5.74) is 1.38. The van der Waals surface area contributed by atoms with Gasteiger partial charge in [0.25, 0.3) is 10.0 Å². The summed E-state index contributed by atoms with van der Waals surface area (Å²) in [5, 5.41) is -0.0180. The fourth-order valence-corrected chi connectivity index (χ4v) is 5.79. The van der Waals surface area contributed by atoms with Crippen molar-refractivity contribution in [1.29, 1.82) is 0 Å². The number of nitrogens with one attached hydrogen (secondary N) is 1. The first-order chi connectivity index (χ1) is 15.1. The largest absolute Gasteiger partial charge is 0.292 e. The molecule has 1 saturated heterocycles. The van der Waals surface area contributed by atoms with Crippen LogP contribution in [-0.4, -0.2) is 29.2 Å². The van der Waals surface area contributed by atoms with E-state index in [1.807, 2.05) is 30.3 Å². The Labute approximate surface area is 190 Å². The van der Waals surface area contributed by atoms with Crippen LogP contribution in [0.4, 0.5) is 13.9 Å². The van der Waals surface area contributed by atoms with Crippen LogP contribution >= 0.6 is 11.5 Å². The van der Waals surface area contributed by atoms with Crippen LogP contribution in [0.2, 0.25) is 0 Å². The van der Waals surface area contributed by atoms with E-state index in [-0.39, 0.29) is 28.7 Å². The van der Waals surface area contributed by atoms with E-state index in [1.54, 1.807) is 0 Å². The summed E-state index contributed by atoms with van der Waals surface area (Å²) in [4.78, 5) is 5.09. The van der Waals surface area contributed by atoms with Crippen molar-refractivity contribution in [2.75, 3.05) is 11.3 Å². The third-order valence-electron chi connectivity index (χ3n) is 5.79. The van der Waals surface area contributed by atoms with E-state index in [4.69, 9.17) is 0 Å². The monoisotopic (exact) mass is 478 g/mol. The molecular formula is C22H24F2N4O2S2. The van der Waals surface area contributed by atoms with Crippen LogP contribution in [0.3, 0.4) is 0 Å². The second-order valence-corrected chi connectivity index (χ2v) is 11.2. The Morgan fingerprint density at radius 1 is 1.19 bits per heavy atom. The lowest BCUT2D eigenvalue weighted by atomic mass is 9.77. The lowest BCUT2D eigenvalue weighted by molar-refractivity contribution is 0.0627. The molecule has 0 radical (unpaired) electrons. The van der Waals surface area contributed by atoms with E-state index in [9.17, 15) is 17.2 Å². The van der Waals surface area contributed by atoms with E-state index in [0.717, 1.165) is 48.6 Å². The predicted octanol–water partition coefficient (Wildman–Crippen LogP) is 4.98. The Kier molecular flexibility index (Phi) is 6.28. The Morgan fingerprint density at radius 2 is 1.94 bits per heavy atom. The Bertz CT molecular complexity index is 1190. The van der Waals surface area contributed by atoms with Gasteiger partial charge in [-0.25, -0.2) is 22.2 Å². The highest BCUT2D eigenvalue weighted by molar-refractivity contribution is 7.93. The summed E-state index contributed by atoms with van der Waals surface area (Å²) >= 11 is 0.805. The van der Waals surface area contributed by atoms with Crippen LogP contribution in [0.5, 0.6) is 0 Å². The predicted molar refractivity (Wildman–Crippen MR) is 120 cm³/mol. The molecule has 0 spiro atoms. The zero-order valence-corrected chi connectivity index (χ0v) is 19.4. The summed E-state index contributed by atoms with van der Waals surface area (Å²) in [6, 6.07) is 11.8. The van der Waals surface area contributed by atoms with E-state index in [0.29, 0.717) is 0 Å². The molecule has 0 bridgehead atoms. The number of nitrogens with zero attached hydrogens (tertiary/aromatic N) is 3. The van der Waals surface area contributed by atoms with Gasteiger partial charge in [0.15, 0.2) is 0 Å². The number of rotatable bonds is 6. The molecule has 6 nitrogen and oxygen atoms in total. The maximum Gasteiger partial charge on any atom is 0.266 e. The van der Waals surface area contributed by atoms with Gasteiger partial charge in [-0.3, -0.25) is 9.62 Å². The average Bonchev–Trinajstić information content (AvgIpc) is 3.24. The quantitative estimate of drug-likeness (QED) is 0.541. The normalized spacial score (nSPS) is 19.1. The first kappa shape index (κ1) is 22.8. The maximum absolute atomic E-state index is 15.0. The number of aromatic nitrogens is 2.